The van der Waals surface area contributed by atoms with Gasteiger partial charge in [-0.15, -0.1) is 0 Å². The molecule has 1 unspecified atom stereocenters. The van der Waals surface area contributed by atoms with Gasteiger partial charge < -0.3 is 24.8 Å². The fourth-order valence-electron chi connectivity index (χ4n) is 4.37. The van der Waals surface area contributed by atoms with Crippen molar-refractivity contribution in [3.05, 3.63) is 95.0 Å². The lowest BCUT2D eigenvalue weighted by Gasteiger charge is -2.31. The number of nitrogens with zero attached hydrogens (tertiary/aromatic N) is 2. The molecule has 218 valence electrons. The van der Waals surface area contributed by atoms with Crippen LogP contribution in [0.25, 0.3) is 0 Å². The van der Waals surface area contributed by atoms with Crippen molar-refractivity contribution in [2.24, 2.45) is 0 Å². The summed E-state index contributed by atoms with van der Waals surface area (Å²) in [6.07, 6.45) is 0. The summed E-state index contributed by atoms with van der Waals surface area (Å²) in [5.41, 5.74) is 1.33. The van der Waals surface area contributed by atoms with Crippen molar-refractivity contribution in [3.8, 4) is 5.75 Å². The number of morpholine rings is 1. The number of benzene rings is 3. The van der Waals surface area contributed by atoms with E-state index in [0.29, 0.717) is 29.5 Å². The summed E-state index contributed by atoms with van der Waals surface area (Å²) in [5.74, 6) is -0.630. The summed E-state index contributed by atoms with van der Waals surface area (Å²) in [4.78, 5) is 28.4. The monoisotopic (exact) mass is 601 g/mol. The summed E-state index contributed by atoms with van der Waals surface area (Å²) in [6, 6.07) is 20.6. The predicted molar refractivity (Wildman–Crippen MR) is 153 cm³/mol. The van der Waals surface area contributed by atoms with Crippen LogP contribution in [0.3, 0.4) is 0 Å². The van der Waals surface area contributed by atoms with Crippen LogP contribution >= 0.6 is 11.6 Å². The van der Waals surface area contributed by atoms with E-state index < -0.39 is 34.5 Å². The fraction of sp³-hybridized carbons (Fsp3) is 0.310. The Bertz CT molecular complexity index is 1400. The number of nitrogens with one attached hydrogen (secondary N) is 1. The molecule has 10 nitrogen and oxygen atoms in total. The molecule has 1 atom stereocenters. The number of hydrogen-bond acceptors (Lipinski definition) is 7. The smallest absolute Gasteiger partial charge is 0.261 e. The highest BCUT2D eigenvalue weighted by atomic mass is 35.5. The molecule has 0 radical (unpaired) electrons. The quantitative estimate of drug-likeness (QED) is 0.327. The Balaban J connectivity index is 1.54. The van der Waals surface area contributed by atoms with Gasteiger partial charge in [0.1, 0.15) is 11.8 Å². The molecule has 41 heavy (non-hydrogen) atoms. The average Bonchev–Trinajstić information content (AvgIpc) is 3.00. The van der Waals surface area contributed by atoms with Crippen molar-refractivity contribution >= 4 is 33.4 Å². The van der Waals surface area contributed by atoms with Gasteiger partial charge in [-0.25, -0.2) is 8.42 Å². The molecule has 0 spiro atoms. The molecule has 0 aromatic heterocycles. The Labute approximate surface area is 244 Å². The Morgan fingerprint density at radius 2 is 1.66 bits per heavy atom. The third kappa shape index (κ3) is 8.05. The molecule has 0 saturated carbocycles. The van der Waals surface area contributed by atoms with E-state index in [9.17, 15) is 23.1 Å². The fourth-order valence-corrected chi connectivity index (χ4v) is 5.90. The van der Waals surface area contributed by atoms with E-state index >= 15 is 0 Å². The molecule has 1 aliphatic heterocycles. The van der Waals surface area contributed by atoms with E-state index in [1.165, 1.54) is 33.5 Å². The maximum Gasteiger partial charge on any atom is 0.261 e. The number of ether oxygens (including phenoxy) is 2. The van der Waals surface area contributed by atoms with Crippen molar-refractivity contribution < 1.29 is 32.6 Å². The highest BCUT2D eigenvalue weighted by molar-refractivity contribution is 7.89. The molecule has 12 heteroatoms. The van der Waals surface area contributed by atoms with Gasteiger partial charge in [0, 0.05) is 31.2 Å². The Kier molecular flexibility index (Phi) is 10.7. The van der Waals surface area contributed by atoms with Crippen molar-refractivity contribution in [3.63, 3.8) is 0 Å². The zero-order chi connectivity index (χ0) is 29.2. The zero-order valence-corrected chi connectivity index (χ0v) is 23.9. The minimum Gasteiger partial charge on any atom is -0.484 e. The molecule has 1 heterocycles. The summed E-state index contributed by atoms with van der Waals surface area (Å²) in [6.45, 7) is 0.718. The van der Waals surface area contributed by atoms with Crippen molar-refractivity contribution in [1.29, 1.82) is 0 Å². The highest BCUT2D eigenvalue weighted by Gasteiger charge is 2.32. The van der Waals surface area contributed by atoms with Gasteiger partial charge in [0.05, 0.1) is 24.7 Å². The van der Waals surface area contributed by atoms with Gasteiger partial charge in [-0.05, 0) is 47.5 Å². The molecule has 0 aliphatic carbocycles. The van der Waals surface area contributed by atoms with Gasteiger partial charge in [0.25, 0.3) is 5.91 Å². The molecule has 0 bridgehead atoms. The van der Waals surface area contributed by atoms with E-state index in [-0.39, 0.29) is 37.7 Å². The van der Waals surface area contributed by atoms with Crippen LogP contribution in [-0.2, 0) is 30.9 Å². The number of carbonyl (C=O) groups excluding carboxylic acids is 2. The SMILES string of the molecule is O=C(NCCO)C(c1ccccc1)N(Cc1ccc(Cl)cc1)C(=O)COc1ccc(S(=O)(=O)N2CCOCC2)cc1. The van der Waals surface area contributed by atoms with Crippen LogP contribution in [0.1, 0.15) is 17.2 Å². The second-order valence-electron chi connectivity index (χ2n) is 9.25. The average molecular weight is 602 g/mol. The minimum atomic E-state index is -3.67. The third-order valence-electron chi connectivity index (χ3n) is 6.47. The first-order valence-electron chi connectivity index (χ1n) is 13.1. The lowest BCUT2D eigenvalue weighted by Crippen LogP contribution is -2.45. The van der Waals surface area contributed by atoms with Crippen molar-refractivity contribution in [2.45, 2.75) is 17.5 Å². The largest absolute Gasteiger partial charge is 0.484 e. The Morgan fingerprint density at radius 1 is 1.00 bits per heavy atom. The number of aliphatic hydroxyl groups excluding tert-OH is 1. The van der Waals surface area contributed by atoms with Crippen molar-refractivity contribution in [2.75, 3.05) is 46.1 Å². The van der Waals surface area contributed by atoms with Gasteiger partial charge in [-0.3, -0.25) is 9.59 Å². The first-order chi connectivity index (χ1) is 19.8. The molecule has 4 rings (SSSR count). The van der Waals surface area contributed by atoms with E-state index in [0.717, 1.165) is 5.56 Å². The molecule has 1 saturated heterocycles. The first kappa shape index (κ1) is 30.5. The normalized spacial score (nSPS) is 14.7. The molecular weight excluding hydrogens is 570 g/mol. The minimum absolute atomic E-state index is 0.0291. The number of carbonyl (C=O) groups is 2. The van der Waals surface area contributed by atoms with Gasteiger partial charge in [0.15, 0.2) is 6.61 Å². The molecule has 3 aromatic rings. The van der Waals surface area contributed by atoms with Gasteiger partial charge in [-0.2, -0.15) is 4.31 Å². The lowest BCUT2D eigenvalue weighted by atomic mass is 10.0. The predicted octanol–water partition coefficient (Wildman–Crippen LogP) is 2.62. The second kappa shape index (κ2) is 14.4. The molecule has 2 amide bonds. The maximum absolute atomic E-state index is 13.6. The van der Waals surface area contributed by atoms with Crippen molar-refractivity contribution in [1.82, 2.24) is 14.5 Å². The number of sulfonamides is 1. The maximum atomic E-state index is 13.6. The van der Waals surface area contributed by atoms with E-state index in [4.69, 9.17) is 21.1 Å². The summed E-state index contributed by atoms with van der Waals surface area (Å²) in [7, 11) is -3.67. The number of hydrogen-bond donors (Lipinski definition) is 2. The molecule has 3 aromatic carbocycles. The number of amides is 2. The Hall–Kier alpha value is -3.48. The van der Waals surface area contributed by atoms with E-state index in [1.54, 1.807) is 48.5 Å². The van der Waals surface area contributed by atoms with E-state index in [2.05, 4.69) is 5.32 Å². The van der Waals surface area contributed by atoms with E-state index in [1.807, 2.05) is 6.07 Å². The Morgan fingerprint density at radius 3 is 2.29 bits per heavy atom. The lowest BCUT2D eigenvalue weighted by molar-refractivity contribution is -0.143. The zero-order valence-electron chi connectivity index (χ0n) is 22.3. The molecule has 1 aliphatic rings. The van der Waals surface area contributed by atoms with Crippen LogP contribution in [0.2, 0.25) is 5.02 Å². The third-order valence-corrected chi connectivity index (χ3v) is 8.63. The van der Waals surface area contributed by atoms with Crippen LogP contribution in [-0.4, -0.2) is 80.6 Å². The topological polar surface area (TPSA) is 125 Å². The van der Waals surface area contributed by atoms with Crippen LogP contribution < -0.4 is 10.1 Å². The molecule has 1 fully saturated rings. The summed E-state index contributed by atoms with van der Waals surface area (Å²) >= 11 is 6.04. The number of halogens is 1. The van der Waals surface area contributed by atoms with Gasteiger partial charge in [-0.1, -0.05) is 54.1 Å². The van der Waals surface area contributed by atoms with Crippen LogP contribution in [0.5, 0.6) is 5.75 Å². The second-order valence-corrected chi connectivity index (χ2v) is 11.6. The molecule has 2 N–H and O–H groups in total. The molecular formula is C29H32ClN3O7S. The van der Waals surface area contributed by atoms with Crippen LogP contribution in [0, 0.1) is 0 Å². The first-order valence-corrected chi connectivity index (χ1v) is 14.9. The summed E-state index contributed by atoms with van der Waals surface area (Å²) < 4.78 is 38.2. The van der Waals surface area contributed by atoms with Crippen LogP contribution in [0.4, 0.5) is 0 Å². The van der Waals surface area contributed by atoms with Crippen LogP contribution in [0.15, 0.2) is 83.8 Å². The number of rotatable bonds is 12. The van der Waals surface area contributed by atoms with Gasteiger partial charge in [0.2, 0.25) is 15.9 Å². The highest BCUT2D eigenvalue weighted by Crippen LogP contribution is 2.26. The standard InChI is InChI=1S/C29H32ClN3O7S/c30-24-8-6-22(7-9-24)20-33(28(29(36)31-14-17-34)23-4-2-1-3-5-23)27(35)21-40-25-10-12-26(13-11-25)41(37,38)32-15-18-39-19-16-32/h1-13,28,34H,14-21H2,(H,31,36). The van der Waals surface area contributed by atoms with Gasteiger partial charge >= 0.3 is 0 Å². The number of aliphatic hydroxyl groups is 1. The summed E-state index contributed by atoms with van der Waals surface area (Å²) in [5, 5.41) is 12.5.